The molecule has 0 fully saturated rings. The van der Waals surface area contributed by atoms with Gasteiger partial charge in [-0.05, 0) is 18.6 Å². The maximum absolute atomic E-state index is 2.42. The van der Waals surface area contributed by atoms with Crippen molar-refractivity contribution >= 4 is 56.5 Å². The van der Waals surface area contributed by atoms with Crippen LogP contribution in [-0.2, 0) is 8.86 Å². The van der Waals surface area contributed by atoms with Crippen molar-refractivity contribution in [2.45, 2.75) is 15.8 Å². The van der Waals surface area contributed by atoms with Gasteiger partial charge in [0.2, 0.25) is 0 Å². The third-order valence-electron chi connectivity index (χ3n) is 1.32. The van der Waals surface area contributed by atoms with Crippen molar-refractivity contribution in [1.82, 2.24) is 0 Å². The number of hydrogen-bond acceptors (Lipinski definition) is 1. The molecule has 0 radical (unpaired) electrons. The molecule has 10 heavy (non-hydrogen) atoms. The zero-order valence-electron chi connectivity index (χ0n) is 5.66. The fraction of sp³-hybridized carbons (Fsp3) is 0.429. The number of rotatable bonds is 2. The summed E-state index contributed by atoms with van der Waals surface area (Å²) in [4.78, 5) is 3.04. The Hall–Kier alpha value is 1.16. The van der Waals surface area contributed by atoms with Crippen LogP contribution in [0.15, 0.2) is 6.07 Å². The Kier molecular flexibility index (Phi) is 3.93. The molecule has 1 aromatic heterocycles. The summed E-state index contributed by atoms with van der Waals surface area (Å²) < 4.78 is 2.31. The van der Waals surface area contributed by atoms with Crippen molar-refractivity contribution in [3.8, 4) is 0 Å². The van der Waals surface area contributed by atoms with E-state index in [1.54, 1.807) is 0 Å². The van der Waals surface area contributed by atoms with Crippen LogP contribution in [0.2, 0.25) is 0 Å². The van der Waals surface area contributed by atoms with Gasteiger partial charge < -0.3 is 0 Å². The van der Waals surface area contributed by atoms with Gasteiger partial charge in [-0.15, -0.1) is 11.3 Å². The second-order valence-electron chi connectivity index (χ2n) is 2.09. The average molecular weight is 378 g/mol. The van der Waals surface area contributed by atoms with Gasteiger partial charge >= 0.3 is 0 Å². The van der Waals surface area contributed by atoms with Crippen molar-refractivity contribution in [3.63, 3.8) is 0 Å². The molecule has 0 aliphatic rings. The van der Waals surface area contributed by atoms with Gasteiger partial charge in [0.25, 0.3) is 0 Å². The molecule has 0 unspecified atom stereocenters. The third kappa shape index (κ3) is 2.07. The minimum Gasteiger partial charge on any atom is -0.144 e. The van der Waals surface area contributed by atoms with Crippen LogP contribution in [0, 0.1) is 6.92 Å². The van der Waals surface area contributed by atoms with Gasteiger partial charge in [-0.25, -0.2) is 0 Å². The Labute approximate surface area is 92.7 Å². The normalized spacial score (nSPS) is 10.3. The lowest BCUT2D eigenvalue weighted by Gasteiger charge is -1.86. The van der Waals surface area contributed by atoms with Crippen molar-refractivity contribution in [1.29, 1.82) is 0 Å². The lowest BCUT2D eigenvalue weighted by molar-refractivity contribution is 1.42. The molecule has 56 valence electrons. The Bertz CT molecular complexity index is 217. The van der Waals surface area contributed by atoms with Crippen LogP contribution in [0.25, 0.3) is 0 Å². The van der Waals surface area contributed by atoms with Crippen LogP contribution in [0.5, 0.6) is 0 Å². The van der Waals surface area contributed by atoms with E-state index in [0.717, 1.165) is 8.86 Å². The predicted octanol–water partition coefficient (Wildman–Crippen LogP) is 3.93. The second-order valence-corrected chi connectivity index (χ2v) is 4.83. The first-order chi connectivity index (χ1) is 4.77. The van der Waals surface area contributed by atoms with Crippen molar-refractivity contribution in [2.24, 2.45) is 0 Å². The molecule has 0 nitrogen and oxygen atoms in total. The summed E-state index contributed by atoms with van der Waals surface area (Å²) in [5.41, 5.74) is 1.46. The fourth-order valence-electron chi connectivity index (χ4n) is 0.789. The molecule has 3 heteroatoms. The van der Waals surface area contributed by atoms with Gasteiger partial charge in [-0.1, -0.05) is 45.2 Å². The van der Waals surface area contributed by atoms with Gasteiger partial charge in [-0.2, -0.15) is 0 Å². The number of halogens is 2. The fourth-order valence-corrected chi connectivity index (χ4v) is 3.43. The molecule has 0 bridgehead atoms. The molecule has 0 N–H and O–H groups in total. The molecular weight excluding hydrogens is 370 g/mol. The van der Waals surface area contributed by atoms with Crippen LogP contribution in [0.3, 0.4) is 0 Å². The molecule has 0 atom stereocenters. The largest absolute Gasteiger partial charge is 0.144 e. The zero-order chi connectivity index (χ0) is 7.56. The maximum Gasteiger partial charge on any atom is 0.0344 e. The summed E-state index contributed by atoms with van der Waals surface area (Å²) in [6.45, 7) is 2.19. The van der Waals surface area contributed by atoms with Gasteiger partial charge in [-0.3, -0.25) is 0 Å². The van der Waals surface area contributed by atoms with Gasteiger partial charge in [0.1, 0.15) is 0 Å². The highest BCUT2D eigenvalue weighted by atomic mass is 127. The maximum atomic E-state index is 2.42. The molecule has 0 spiro atoms. The van der Waals surface area contributed by atoms with E-state index in [0.29, 0.717) is 0 Å². The number of aryl methyl sites for hydroxylation is 1. The highest BCUT2D eigenvalue weighted by Gasteiger charge is 2.01. The molecule has 1 heterocycles. The van der Waals surface area contributed by atoms with E-state index in [2.05, 4.69) is 58.2 Å². The van der Waals surface area contributed by atoms with Crippen LogP contribution in [-0.4, -0.2) is 0 Å². The quantitative estimate of drug-likeness (QED) is 0.541. The van der Waals surface area contributed by atoms with E-state index < -0.39 is 0 Å². The first-order valence-electron chi connectivity index (χ1n) is 2.98. The molecule has 1 rings (SSSR count). The molecule has 0 saturated heterocycles. The lowest BCUT2D eigenvalue weighted by atomic mass is 10.3. The Morgan fingerprint density at radius 1 is 1.40 bits per heavy atom. The molecule has 0 saturated carbocycles. The SMILES string of the molecule is Cc1cc(CI)sc1CI. The Morgan fingerprint density at radius 2 is 2.10 bits per heavy atom. The van der Waals surface area contributed by atoms with Gasteiger partial charge in [0, 0.05) is 18.6 Å². The van der Waals surface area contributed by atoms with Crippen LogP contribution >= 0.6 is 56.5 Å². The van der Waals surface area contributed by atoms with Crippen LogP contribution < -0.4 is 0 Å². The van der Waals surface area contributed by atoms with Crippen molar-refractivity contribution < 1.29 is 0 Å². The topological polar surface area (TPSA) is 0 Å². The average Bonchev–Trinajstić information content (AvgIpc) is 2.30. The van der Waals surface area contributed by atoms with Gasteiger partial charge in [0.15, 0.2) is 0 Å². The molecule has 0 aliphatic carbocycles. The van der Waals surface area contributed by atoms with E-state index in [1.165, 1.54) is 15.3 Å². The summed E-state index contributed by atoms with van der Waals surface area (Å²) in [7, 11) is 0. The van der Waals surface area contributed by atoms with Crippen molar-refractivity contribution in [2.75, 3.05) is 0 Å². The lowest BCUT2D eigenvalue weighted by Crippen LogP contribution is -1.69. The van der Waals surface area contributed by atoms with Crippen LogP contribution in [0.1, 0.15) is 15.3 Å². The second kappa shape index (κ2) is 4.25. The third-order valence-corrected chi connectivity index (χ3v) is 5.18. The van der Waals surface area contributed by atoms with Gasteiger partial charge in [0.05, 0.1) is 0 Å². The minimum atomic E-state index is 1.15. The number of alkyl halides is 2. The highest BCUT2D eigenvalue weighted by Crippen LogP contribution is 2.25. The smallest absolute Gasteiger partial charge is 0.0344 e. The molecule has 0 aromatic carbocycles. The van der Waals surface area contributed by atoms with E-state index >= 15 is 0 Å². The predicted molar refractivity (Wildman–Crippen MR) is 64.5 cm³/mol. The molecular formula is C7H8I2S. The zero-order valence-corrected chi connectivity index (χ0v) is 10.8. The summed E-state index contributed by atoms with van der Waals surface area (Å²) >= 11 is 6.77. The minimum absolute atomic E-state index is 1.15. The standard InChI is InChI=1S/C7H8I2S/c1-5-2-6(3-8)10-7(5)4-9/h2H,3-4H2,1H3. The molecule has 0 aliphatic heterocycles. The van der Waals surface area contributed by atoms with E-state index in [4.69, 9.17) is 0 Å². The highest BCUT2D eigenvalue weighted by molar-refractivity contribution is 14.1. The van der Waals surface area contributed by atoms with Crippen LogP contribution in [0.4, 0.5) is 0 Å². The van der Waals surface area contributed by atoms with E-state index in [-0.39, 0.29) is 0 Å². The number of hydrogen-bond donors (Lipinski definition) is 0. The summed E-state index contributed by atoms with van der Waals surface area (Å²) in [6.07, 6.45) is 0. The Morgan fingerprint density at radius 3 is 2.40 bits per heavy atom. The van der Waals surface area contributed by atoms with Crippen molar-refractivity contribution in [3.05, 3.63) is 21.4 Å². The molecule has 0 amide bonds. The number of thiophene rings is 1. The van der Waals surface area contributed by atoms with E-state index in [1.807, 2.05) is 11.3 Å². The summed E-state index contributed by atoms with van der Waals surface area (Å²) in [5, 5.41) is 0. The van der Waals surface area contributed by atoms with E-state index in [9.17, 15) is 0 Å². The summed E-state index contributed by atoms with van der Waals surface area (Å²) in [5.74, 6) is 0. The monoisotopic (exact) mass is 378 g/mol. The first kappa shape index (κ1) is 9.25. The summed E-state index contributed by atoms with van der Waals surface area (Å²) in [6, 6.07) is 2.30. The molecule has 1 aromatic rings. The Balaban J connectivity index is 2.92. The first-order valence-corrected chi connectivity index (χ1v) is 6.84.